The molecule has 19 heavy (non-hydrogen) atoms. The maximum atomic E-state index is 12.5. The van der Waals surface area contributed by atoms with Gasteiger partial charge in [0, 0.05) is 20.1 Å². The Morgan fingerprint density at radius 3 is 2.68 bits per heavy atom. The van der Waals surface area contributed by atoms with Crippen molar-refractivity contribution in [1.29, 1.82) is 0 Å². The van der Waals surface area contributed by atoms with Crippen LogP contribution in [0.4, 0.5) is 0 Å². The Hall–Kier alpha value is -1.14. The molecule has 1 rings (SSSR count). The minimum Gasteiger partial charge on any atom is -0.377 e. The van der Waals surface area contributed by atoms with Gasteiger partial charge in [0.15, 0.2) is 0 Å². The van der Waals surface area contributed by atoms with Crippen LogP contribution in [0.3, 0.4) is 0 Å². The fraction of sp³-hybridized carbons (Fsp3) is 0.846. The number of hydrogen-bond donors (Lipinski definition) is 2. The highest BCUT2D eigenvalue weighted by atomic mass is 16.5. The monoisotopic (exact) mass is 271 g/mol. The topological polar surface area (TPSA) is 84.7 Å². The molecule has 1 fully saturated rings. The fourth-order valence-corrected chi connectivity index (χ4v) is 2.35. The molecule has 0 aromatic heterocycles. The zero-order valence-electron chi connectivity index (χ0n) is 12.0. The Kier molecular flexibility index (Phi) is 6.24. The molecule has 3 N–H and O–H groups in total. The maximum absolute atomic E-state index is 12.5. The number of amides is 2. The van der Waals surface area contributed by atoms with Crippen LogP contribution in [0, 0.1) is 11.8 Å². The van der Waals surface area contributed by atoms with Crippen LogP contribution in [0.1, 0.15) is 20.3 Å². The highest BCUT2D eigenvalue weighted by molar-refractivity contribution is 5.88. The van der Waals surface area contributed by atoms with Gasteiger partial charge < -0.3 is 20.7 Å². The molecule has 6 heteroatoms. The number of nitrogens with two attached hydrogens (primary N) is 1. The smallest absolute Gasteiger partial charge is 0.244 e. The second kappa shape index (κ2) is 7.45. The van der Waals surface area contributed by atoms with Gasteiger partial charge in [0.1, 0.15) is 6.04 Å². The van der Waals surface area contributed by atoms with E-state index < -0.39 is 6.04 Å². The first-order valence-electron chi connectivity index (χ1n) is 6.81. The summed E-state index contributed by atoms with van der Waals surface area (Å²) < 4.78 is 5.29. The Bertz CT molecular complexity index is 320. The quantitative estimate of drug-likeness (QED) is 0.711. The van der Waals surface area contributed by atoms with E-state index >= 15 is 0 Å². The second-order valence-corrected chi connectivity index (χ2v) is 5.30. The zero-order valence-corrected chi connectivity index (χ0v) is 12.0. The lowest BCUT2D eigenvalue weighted by molar-refractivity contribution is -0.151. The number of carbonyl (C=O) groups excluding carboxylic acids is 2. The molecule has 0 saturated carbocycles. The van der Waals surface area contributed by atoms with Gasteiger partial charge in [-0.2, -0.15) is 0 Å². The summed E-state index contributed by atoms with van der Waals surface area (Å²) in [6.45, 7) is 5.61. The van der Waals surface area contributed by atoms with Gasteiger partial charge in [-0.15, -0.1) is 0 Å². The van der Waals surface area contributed by atoms with Crippen molar-refractivity contribution < 1.29 is 14.3 Å². The summed E-state index contributed by atoms with van der Waals surface area (Å²) in [5, 5.41) is 2.57. The zero-order chi connectivity index (χ0) is 14.4. The summed E-state index contributed by atoms with van der Waals surface area (Å²) in [6.07, 6.45) is 0.743. The number of ether oxygens (including phenoxy) is 1. The molecule has 1 heterocycles. The highest BCUT2D eigenvalue weighted by Gasteiger charge is 2.35. The first kappa shape index (κ1) is 15.9. The van der Waals surface area contributed by atoms with Crippen LogP contribution < -0.4 is 11.1 Å². The Morgan fingerprint density at radius 2 is 2.16 bits per heavy atom. The summed E-state index contributed by atoms with van der Waals surface area (Å²) >= 11 is 0. The molecule has 0 radical (unpaired) electrons. The van der Waals surface area contributed by atoms with Crippen molar-refractivity contribution in [1.82, 2.24) is 10.2 Å². The number of morpholine rings is 1. The van der Waals surface area contributed by atoms with Crippen molar-refractivity contribution in [2.75, 3.05) is 33.4 Å². The minimum absolute atomic E-state index is 0.0342. The minimum atomic E-state index is -0.535. The maximum Gasteiger partial charge on any atom is 0.244 e. The van der Waals surface area contributed by atoms with E-state index in [1.54, 1.807) is 11.9 Å². The van der Waals surface area contributed by atoms with E-state index in [2.05, 4.69) is 19.2 Å². The summed E-state index contributed by atoms with van der Waals surface area (Å²) in [5.74, 6) is -0.0382. The third-order valence-electron chi connectivity index (χ3n) is 3.35. The standard InChI is InChI=1S/C13H25N3O3/c1-9(2)6-10(7-14)13(18)16-4-5-19-8-11(16)12(17)15-3/h9-11H,4-8,14H2,1-3H3,(H,15,17). The van der Waals surface area contributed by atoms with Crippen molar-refractivity contribution >= 4 is 11.8 Å². The number of nitrogens with zero attached hydrogens (tertiary/aromatic N) is 1. The van der Waals surface area contributed by atoms with Crippen molar-refractivity contribution in [2.45, 2.75) is 26.3 Å². The van der Waals surface area contributed by atoms with Crippen molar-refractivity contribution in [3.8, 4) is 0 Å². The largest absolute Gasteiger partial charge is 0.377 e. The Balaban J connectivity index is 2.78. The van der Waals surface area contributed by atoms with Crippen LogP contribution >= 0.6 is 0 Å². The van der Waals surface area contributed by atoms with Crippen LogP contribution in [0.5, 0.6) is 0 Å². The molecule has 2 unspecified atom stereocenters. The SMILES string of the molecule is CNC(=O)C1COCCN1C(=O)C(CN)CC(C)C. The molecular formula is C13H25N3O3. The first-order valence-corrected chi connectivity index (χ1v) is 6.81. The molecule has 2 amide bonds. The molecule has 0 spiro atoms. The molecule has 6 nitrogen and oxygen atoms in total. The van der Waals surface area contributed by atoms with E-state index in [-0.39, 0.29) is 24.3 Å². The predicted octanol–water partition coefficient (Wildman–Crippen LogP) is -0.419. The highest BCUT2D eigenvalue weighted by Crippen LogP contribution is 2.17. The van der Waals surface area contributed by atoms with Gasteiger partial charge in [-0.3, -0.25) is 9.59 Å². The van der Waals surface area contributed by atoms with Crippen LogP contribution in [-0.4, -0.2) is 56.1 Å². The summed E-state index contributed by atoms with van der Waals surface area (Å²) in [4.78, 5) is 25.9. The lowest BCUT2D eigenvalue weighted by Crippen LogP contribution is -2.57. The normalized spacial score (nSPS) is 21.3. The lowest BCUT2D eigenvalue weighted by atomic mass is 9.95. The van der Waals surface area contributed by atoms with Gasteiger partial charge in [0.05, 0.1) is 19.1 Å². The van der Waals surface area contributed by atoms with E-state index in [4.69, 9.17) is 10.5 Å². The van der Waals surface area contributed by atoms with Gasteiger partial charge in [-0.05, 0) is 12.3 Å². The molecule has 110 valence electrons. The van der Waals surface area contributed by atoms with Crippen LogP contribution in [0.2, 0.25) is 0 Å². The number of carbonyl (C=O) groups is 2. The molecule has 0 aromatic rings. The average Bonchev–Trinajstić information content (AvgIpc) is 2.42. The summed E-state index contributed by atoms with van der Waals surface area (Å²) in [6, 6.07) is -0.535. The lowest BCUT2D eigenvalue weighted by Gasteiger charge is -2.36. The predicted molar refractivity (Wildman–Crippen MR) is 72.4 cm³/mol. The molecule has 0 aliphatic carbocycles. The molecule has 2 atom stereocenters. The van der Waals surface area contributed by atoms with Gasteiger partial charge >= 0.3 is 0 Å². The third kappa shape index (κ3) is 4.18. The van der Waals surface area contributed by atoms with Crippen LogP contribution in [0.25, 0.3) is 0 Å². The molecule has 0 bridgehead atoms. The van der Waals surface area contributed by atoms with Gasteiger partial charge in [-0.1, -0.05) is 13.8 Å². The third-order valence-corrected chi connectivity index (χ3v) is 3.35. The number of likely N-dealkylation sites (N-methyl/N-ethyl adjacent to an activating group) is 1. The van der Waals surface area contributed by atoms with E-state index in [0.717, 1.165) is 6.42 Å². The van der Waals surface area contributed by atoms with Crippen LogP contribution in [0.15, 0.2) is 0 Å². The van der Waals surface area contributed by atoms with Crippen molar-refractivity contribution in [3.05, 3.63) is 0 Å². The molecule has 1 aliphatic rings. The summed E-state index contributed by atoms with van der Waals surface area (Å²) in [7, 11) is 1.56. The number of hydrogen-bond acceptors (Lipinski definition) is 4. The molecule has 1 saturated heterocycles. The second-order valence-electron chi connectivity index (χ2n) is 5.30. The summed E-state index contributed by atoms with van der Waals surface area (Å²) in [5.41, 5.74) is 5.70. The van der Waals surface area contributed by atoms with Gasteiger partial charge in [0.2, 0.25) is 11.8 Å². The molecular weight excluding hydrogens is 246 g/mol. The average molecular weight is 271 g/mol. The van der Waals surface area contributed by atoms with Gasteiger partial charge in [0.25, 0.3) is 0 Å². The molecule has 1 aliphatic heterocycles. The molecule has 0 aromatic carbocycles. The van der Waals surface area contributed by atoms with Crippen molar-refractivity contribution in [3.63, 3.8) is 0 Å². The fourth-order valence-electron chi connectivity index (χ4n) is 2.35. The Labute approximate surface area is 114 Å². The Morgan fingerprint density at radius 1 is 1.47 bits per heavy atom. The van der Waals surface area contributed by atoms with Gasteiger partial charge in [-0.25, -0.2) is 0 Å². The van der Waals surface area contributed by atoms with E-state index in [1.807, 2.05) is 0 Å². The van der Waals surface area contributed by atoms with E-state index in [9.17, 15) is 9.59 Å². The van der Waals surface area contributed by atoms with Crippen molar-refractivity contribution in [2.24, 2.45) is 17.6 Å². The number of nitrogens with one attached hydrogen (secondary N) is 1. The first-order chi connectivity index (χ1) is 9.01. The van der Waals surface area contributed by atoms with Crippen LogP contribution in [-0.2, 0) is 14.3 Å². The van der Waals surface area contributed by atoms with E-state index in [0.29, 0.717) is 25.6 Å². The number of rotatable bonds is 5. The van der Waals surface area contributed by atoms with E-state index in [1.165, 1.54) is 0 Å².